The first kappa shape index (κ1) is 15.2. The second-order valence-electron chi connectivity index (χ2n) is 3.90. The van der Waals surface area contributed by atoms with E-state index >= 15 is 0 Å². The van der Waals surface area contributed by atoms with Gasteiger partial charge in [-0.1, -0.05) is 0 Å². The molecule has 0 spiro atoms. The van der Waals surface area contributed by atoms with Crippen molar-refractivity contribution in [3.63, 3.8) is 0 Å². The van der Waals surface area contributed by atoms with Crippen LogP contribution in [-0.2, 0) is 11.3 Å². The number of benzene rings is 1. The Morgan fingerprint density at radius 2 is 2.05 bits per heavy atom. The van der Waals surface area contributed by atoms with Crippen molar-refractivity contribution < 1.29 is 24.2 Å². The summed E-state index contributed by atoms with van der Waals surface area (Å²) in [4.78, 5) is 10.3. The minimum Gasteiger partial charge on any atom is -0.493 e. The molecule has 0 heterocycles. The van der Waals surface area contributed by atoms with Crippen LogP contribution in [0.3, 0.4) is 0 Å². The van der Waals surface area contributed by atoms with Gasteiger partial charge in [-0.2, -0.15) is 0 Å². The van der Waals surface area contributed by atoms with E-state index in [4.69, 9.17) is 19.3 Å². The molecule has 0 fully saturated rings. The van der Waals surface area contributed by atoms with Gasteiger partial charge in [-0.05, 0) is 13.0 Å². The van der Waals surface area contributed by atoms with Crippen molar-refractivity contribution >= 4 is 5.69 Å². The zero-order valence-electron chi connectivity index (χ0n) is 11.1. The van der Waals surface area contributed by atoms with Crippen molar-refractivity contribution in [1.29, 1.82) is 0 Å². The van der Waals surface area contributed by atoms with E-state index in [-0.39, 0.29) is 29.7 Å². The van der Waals surface area contributed by atoms with Gasteiger partial charge in [-0.3, -0.25) is 10.1 Å². The number of nitrogens with zero attached hydrogens (tertiary/aromatic N) is 1. The Labute approximate surface area is 110 Å². The average molecular weight is 271 g/mol. The third-order valence-corrected chi connectivity index (χ3v) is 2.61. The van der Waals surface area contributed by atoms with Crippen LogP contribution in [0.1, 0.15) is 12.5 Å². The van der Waals surface area contributed by atoms with Gasteiger partial charge in [0.05, 0.1) is 36.4 Å². The summed E-state index contributed by atoms with van der Waals surface area (Å²) >= 11 is 0. The largest absolute Gasteiger partial charge is 0.493 e. The highest BCUT2D eigenvalue weighted by atomic mass is 16.6. The van der Waals surface area contributed by atoms with Gasteiger partial charge in [0, 0.05) is 7.11 Å². The van der Waals surface area contributed by atoms with Gasteiger partial charge in [0.25, 0.3) is 5.69 Å². The Bertz CT molecular complexity index is 448. The first-order valence-electron chi connectivity index (χ1n) is 5.65. The van der Waals surface area contributed by atoms with Gasteiger partial charge in [0.15, 0.2) is 11.5 Å². The fourth-order valence-electron chi connectivity index (χ4n) is 1.44. The summed E-state index contributed by atoms with van der Waals surface area (Å²) in [6.45, 7) is 1.60. The predicted molar refractivity (Wildman–Crippen MR) is 67.5 cm³/mol. The van der Waals surface area contributed by atoms with Crippen LogP contribution in [0.25, 0.3) is 0 Å². The maximum Gasteiger partial charge on any atom is 0.278 e. The van der Waals surface area contributed by atoms with E-state index in [0.29, 0.717) is 5.75 Å². The summed E-state index contributed by atoms with van der Waals surface area (Å²) in [6, 6.07) is 2.64. The molecule has 106 valence electrons. The van der Waals surface area contributed by atoms with Crippen molar-refractivity contribution in [2.45, 2.75) is 19.6 Å². The molecule has 19 heavy (non-hydrogen) atoms. The molecule has 1 aromatic carbocycles. The molecule has 0 aliphatic rings. The molecule has 1 unspecified atom stereocenters. The Kier molecular flexibility index (Phi) is 5.53. The number of nitro benzene ring substituents is 1. The lowest BCUT2D eigenvalue weighted by Gasteiger charge is -2.14. The number of ether oxygens (including phenoxy) is 3. The highest BCUT2D eigenvalue weighted by Crippen LogP contribution is 2.34. The van der Waals surface area contributed by atoms with E-state index in [1.165, 1.54) is 19.2 Å². The van der Waals surface area contributed by atoms with Crippen LogP contribution in [0, 0.1) is 10.1 Å². The Morgan fingerprint density at radius 3 is 2.53 bits per heavy atom. The molecule has 7 nitrogen and oxygen atoms in total. The monoisotopic (exact) mass is 271 g/mol. The predicted octanol–water partition coefficient (Wildman–Crippen LogP) is 1.51. The van der Waals surface area contributed by atoms with Gasteiger partial charge in [-0.15, -0.1) is 0 Å². The second kappa shape index (κ2) is 6.91. The maximum atomic E-state index is 10.9. The molecule has 0 saturated carbocycles. The van der Waals surface area contributed by atoms with Crippen LogP contribution >= 0.6 is 0 Å². The van der Waals surface area contributed by atoms with Crippen molar-refractivity contribution in [2.75, 3.05) is 20.8 Å². The van der Waals surface area contributed by atoms with Crippen molar-refractivity contribution in [3.8, 4) is 11.5 Å². The molecular weight excluding hydrogens is 254 g/mol. The summed E-state index contributed by atoms with van der Waals surface area (Å²) in [5.74, 6) is 0.577. The number of rotatable bonds is 7. The SMILES string of the molecule is COc1cc(CO)c([N+](=O)[O-])cc1OCC(C)OC. The van der Waals surface area contributed by atoms with Gasteiger partial charge in [0.1, 0.15) is 6.61 Å². The van der Waals surface area contributed by atoms with Gasteiger partial charge >= 0.3 is 0 Å². The van der Waals surface area contributed by atoms with E-state index in [1.54, 1.807) is 7.11 Å². The number of methoxy groups -OCH3 is 2. The van der Waals surface area contributed by atoms with Gasteiger partial charge in [-0.25, -0.2) is 0 Å². The standard InChI is InChI=1S/C12H17NO6/c1-8(17-2)7-19-12-5-10(13(15)16)9(6-14)4-11(12)18-3/h4-5,8,14H,6-7H2,1-3H3. The fourth-order valence-corrected chi connectivity index (χ4v) is 1.44. The zero-order valence-corrected chi connectivity index (χ0v) is 11.1. The summed E-state index contributed by atoms with van der Waals surface area (Å²) in [5.41, 5.74) is -0.0302. The smallest absolute Gasteiger partial charge is 0.278 e. The minimum atomic E-state index is -0.572. The van der Waals surface area contributed by atoms with Crippen LogP contribution in [-0.4, -0.2) is 37.0 Å². The van der Waals surface area contributed by atoms with Crippen molar-refractivity contribution in [2.24, 2.45) is 0 Å². The quantitative estimate of drug-likeness (QED) is 0.597. The molecule has 1 N–H and O–H groups in total. The Hall–Kier alpha value is -1.86. The van der Waals surface area contributed by atoms with Crippen LogP contribution < -0.4 is 9.47 Å². The molecule has 1 aromatic rings. The molecule has 0 aromatic heterocycles. The van der Waals surface area contributed by atoms with E-state index in [1.807, 2.05) is 6.92 Å². The van der Waals surface area contributed by atoms with Crippen LogP contribution in [0.2, 0.25) is 0 Å². The van der Waals surface area contributed by atoms with E-state index in [0.717, 1.165) is 0 Å². The lowest BCUT2D eigenvalue weighted by atomic mass is 10.1. The van der Waals surface area contributed by atoms with Gasteiger partial charge in [0.2, 0.25) is 0 Å². The molecule has 1 rings (SSSR count). The average Bonchev–Trinajstić information content (AvgIpc) is 2.43. The number of hydrogen-bond donors (Lipinski definition) is 1. The lowest BCUT2D eigenvalue weighted by Crippen LogP contribution is -2.16. The molecule has 0 bridgehead atoms. The molecule has 7 heteroatoms. The van der Waals surface area contributed by atoms with Crippen molar-refractivity contribution in [1.82, 2.24) is 0 Å². The van der Waals surface area contributed by atoms with Crippen molar-refractivity contribution in [3.05, 3.63) is 27.8 Å². The first-order chi connectivity index (χ1) is 9.03. The normalized spacial score (nSPS) is 12.0. The molecule has 0 aliphatic carbocycles. The van der Waals surface area contributed by atoms with E-state index < -0.39 is 11.5 Å². The Balaban J connectivity index is 3.07. The number of nitro groups is 1. The third kappa shape index (κ3) is 3.80. The highest BCUT2D eigenvalue weighted by Gasteiger charge is 2.19. The van der Waals surface area contributed by atoms with Crippen LogP contribution in [0.4, 0.5) is 5.69 Å². The van der Waals surface area contributed by atoms with Gasteiger partial charge < -0.3 is 19.3 Å². The fraction of sp³-hybridized carbons (Fsp3) is 0.500. The molecule has 0 aliphatic heterocycles. The second-order valence-corrected chi connectivity index (χ2v) is 3.90. The van der Waals surface area contributed by atoms with Crippen LogP contribution in [0.15, 0.2) is 12.1 Å². The first-order valence-corrected chi connectivity index (χ1v) is 5.65. The molecule has 0 radical (unpaired) electrons. The topological polar surface area (TPSA) is 91.1 Å². The zero-order chi connectivity index (χ0) is 14.4. The molecule has 0 saturated heterocycles. The summed E-state index contributed by atoms with van der Waals surface area (Å²) in [6.07, 6.45) is -0.152. The summed E-state index contributed by atoms with van der Waals surface area (Å²) < 4.78 is 15.6. The highest BCUT2D eigenvalue weighted by molar-refractivity contribution is 5.54. The minimum absolute atomic E-state index is 0.152. The van der Waals surface area contributed by atoms with Crippen LogP contribution in [0.5, 0.6) is 11.5 Å². The summed E-state index contributed by atoms with van der Waals surface area (Å²) in [5, 5.41) is 20.0. The third-order valence-electron chi connectivity index (χ3n) is 2.61. The summed E-state index contributed by atoms with van der Waals surface area (Å²) in [7, 11) is 2.97. The molecular formula is C12H17NO6. The number of hydrogen-bond acceptors (Lipinski definition) is 6. The molecule has 1 atom stereocenters. The Morgan fingerprint density at radius 1 is 1.37 bits per heavy atom. The van der Waals surface area contributed by atoms with E-state index in [2.05, 4.69) is 0 Å². The van der Waals surface area contributed by atoms with E-state index in [9.17, 15) is 10.1 Å². The number of aliphatic hydroxyl groups excluding tert-OH is 1. The maximum absolute atomic E-state index is 10.9. The lowest BCUT2D eigenvalue weighted by molar-refractivity contribution is -0.386. The number of aliphatic hydroxyl groups is 1. The molecule has 0 amide bonds.